The van der Waals surface area contributed by atoms with Gasteiger partial charge in [0.05, 0.1) is 0 Å². The van der Waals surface area contributed by atoms with Crippen molar-refractivity contribution in [1.82, 2.24) is 14.5 Å². The van der Waals surface area contributed by atoms with Crippen molar-refractivity contribution in [3.8, 4) is 0 Å². The summed E-state index contributed by atoms with van der Waals surface area (Å²) in [7, 11) is 0. The molecule has 1 aromatic heterocycles. The van der Waals surface area contributed by atoms with Crippen molar-refractivity contribution in [3.63, 3.8) is 0 Å². The first-order valence-corrected chi connectivity index (χ1v) is 4.58. The zero-order valence-electron chi connectivity index (χ0n) is 7.68. The van der Waals surface area contributed by atoms with Gasteiger partial charge in [-0.15, -0.1) is 0 Å². The largest absolute Gasteiger partial charge is 0.329 e. The zero-order chi connectivity index (χ0) is 9.26. The summed E-state index contributed by atoms with van der Waals surface area (Å²) >= 11 is 0. The second-order valence-corrected chi connectivity index (χ2v) is 3.43. The number of likely N-dealkylation sites (tertiary alicyclic amines) is 1. The molecule has 1 amide bonds. The maximum atomic E-state index is 11.6. The van der Waals surface area contributed by atoms with E-state index in [2.05, 4.69) is 11.9 Å². The van der Waals surface area contributed by atoms with Crippen molar-refractivity contribution < 1.29 is 4.79 Å². The number of rotatable bonds is 1. The highest BCUT2D eigenvalue weighted by Gasteiger charge is 2.29. The lowest BCUT2D eigenvalue weighted by atomic mass is 9.98. The van der Waals surface area contributed by atoms with Crippen LogP contribution in [0.1, 0.15) is 13.3 Å². The Bertz CT molecular complexity index is 288. The van der Waals surface area contributed by atoms with Gasteiger partial charge in [0.15, 0.2) is 0 Å². The molecule has 0 radical (unpaired) electrons. The average molecular weight is 179 g/mol. The molecule has 1 aliphatic rings. The van der Waals surface area contributed by atoms with Gasteiger partial charge < -0.3 is 4.90 Å². The Balaban J connectivity index is 1.94. The molecule has 0 unspecified atom stereocenters. The summed E-state index contributed by atoms with van der Waals surface area (Å²) in [4.78, 5) is 17.3. The minimum absolute atomic E-state index is 0.0437. The van der Waals surface area contributed by atoms with Gasteiger partial charge in [-0.25, -0.2) is 9.78 Å². The van der Waals surface area contributed by atoms with Gasteiger partial charge in [-0.1, -0.05) is 6.92 Å². The van der Waals surface area contributed by atoms with Gasteiger partial charge in [-0.3, -0.25) is 4.57 Å². The van der Waals surface area contributed by atoms with E-state index >= 15 is 0 Å². The highest BCUT2D eigenvalue weighted by atomic mass is 16.2. The van der Waals surface area contributed by atoms with Gasteiger partial charge in [-0.2, -0.15) is 0 Å². The molecule has 2 heterocycles. The number of carbonyl (C=O) groups excluding carboxylic acids is 1. The fourth-order valence-corrected chi connectivity index (χ4v) is 1.52. The highest BCUT2D eigenvalue weighted by molar-refractivity contribution is 5.77. The Morgan fingerprint density at radius 2 is 2.38 bits per heavy atom. The van der Waals surface area contributed by atoms with E-state index < -0.39 is 0 Å². The van der Waals surface area contributed by atoms with Crippen LogP contribution < -0.4 is 0 Å². The normalized spacial score (nSPS) is 17.2. The third kappa shape index (κ3) is 1.43. The lowest BCUT2D eigenvalue weighted by Gasteiger charge is -2.38. The Labute approximate surface area is 77.2 Å². The quantitative estimate of drug-likeness (QED) is 0.649. The maximum Gasteiger partial charge on any atom is 0.329 e. The lowest BCUT2D eigenvalue weighted by Crippen LogP contribution is -2.50. The van der Waals surface area contributed by atoms with Crippen LogP contribution in [0.3, 0.4) is 0 Å². The number of imidazole rings is 1. The number of amides is 1. The number of hydrogen-bond acceptors (Lipinski definition) is 2. The molecule has 0 bridgehead atoms. The first-order chi connectivity index (χ1) is 6.31. The molecular formula is C9H13N3O. The molecular weight excluding hydrogens is 166 g/mol. The van der Waals surface area contributed by atoms with Crippen LogP contribution >= 0.6 is 0 Å². The summed E-state index contributed by atoms with van der Waals surface area (Å²) < 4.78 is 1.52. The number of carbonyl (C=O) groups is 1. The third-order valence-corrected chi connectivity index (χ3v) is 2.53. The van der Waals surface area contributed by atoms with Crippen molar-refractivity contribution in [2.45, 2.75) is 13.3 Å². The number of nitrogens with zero attached hydrogens (tertiary/aromatic N) is 3. The fourth-order valence-electron chi connectivity index (χ4n) is 1.52. The molecule has 0 saturated carbocycles. The molecule has 0 N–H and O–H groups in total. The predicted molar refractivity (Wildman–Crippen MR) is 48.4 cm³/mol. The molecule has 0 spiro atoms. The van der Waals surface area contributed by atoms with Crippen molar-refractivity contribution in [1.29, 1.82) is 0 Å². The Morgan fingerprint density at radius 1 is 1.62 bits per heavy atom. The Hall–Kier alpha value is -1.32. The molecule has 70 valence electrons. The second kappa shape index (κ2) is 3.20. The van der Waals surface area contributed by atoms with Crippen LogP contribution in [0, 0.1) is 5.92 Å². The second-order valence-electron chi connectivity index (χ2n) is 3.43. The molecule has 1 aliphatic heterocycles. The minimum atomic E-state index is 0.0437. The van der Waals surface area contributed by atoms with Gasteiger partial charge in [0.25, 0.3) is 0 Å². The summed E-state index contributed by atoms with van der Waals surface area (Å²) in [6, 6.07) is 0.0437. The zero-order valence-corrected chi connectivity index (χ0v) is 7.68. The van der Waals surface area contributed by atoms with Crippen LogP contribution in [-0.2, 0) is 0 Å². The van der Waals surface area contributed by atoms with Gasteiger partial charge in [0.2, 0.25) is 0 Å². The smallest absolute Gasteiger partial charge is 0.323 e. The summed E-state index contributed by atoms with van der Waals surface area (Å²) in [5.74, 6) is 0.701. The van der Waals surface area contributed by atoms with E-state index in [0.29, 0.717) is 5.92 Å². The number of hydrogen-bond donors (Lipinski definition) is 0. The molecule has 1 saturated heterocycles. The first-order valence-electron chi connectivity index (χ1n) is 4.58. The van der Waals surface area contributed by atoms with Crippen LogP contribution in [0.4, 0.5) is 4.79 Å². The van der Waals surface area contributed by atoms with Crippen LogP contribution in [-0.4, -0.2) is 33.6 Å². The van der Waals surface area contributed by atoms with E-state index in [1.54, 1.807) is 18.7 Å². The van der Waals surface area contributed by atoms with Gasteiger partial charge >= 0.3 is 6.03 Å². The minimum Gasteiger partial charge on any atom is -0.323 e. The van der Waals surface area contributed by atoms with Crippen LogP contribution in [0.25, 0.3) is 0 Å². The summed E-state index contributed by atoms with van der Waals surface area (Å²) in [6.07, 6.45) is 6.01. The summed E-state index contributed by atoms with van der Waals surface area (Å²) in [6.45, 7) is 3.95. The van der Waals surface area contributed by atoms with E-state index in [1.165, 1.54) is 4.57 Å². The molecule has 1 aromatic rings. The van der Waals surface area contributed by atoms with E-state index in [4.69, 9.17) is 0 Å². The topological polar surface area (TPSA) is 38.1 Å². The van der Waals surface area contributed by atoms with E-state index in [-0.39, 0.29) is 6.03 Å². The maximum absolute atomic E-state index is 11.6. The molecule has 1 fully saturated rings. The molecule has 4 nitrogen and oxygen atoms in total. The first kappa shape index (κ1) is 8.29. The van der Waals surface area contributed by atoms with Crippen molar-refractivity contribution in [2.24, 2.45) is 5.92 Å². The van der Waals surface area contributed by atoms with Crippen LogP contribution in [0.15, 0.2) is 18.7 Å². The van der Waals surface area contributed by atoms with Crippen molar-refractivity contribution in [3.05, 3.63) is 18.7 Å². The predicted octanol–water partition coefficient (Wildman–Crippen LogP) is 1.19. The van der Waals surface area contributed by atoms with Gasteiger partial charge in [0.1, 0.15) is 6.33 Å². The lowest BCUT2D eigenvalue weighted by molar-refractivity contribution is 0.119. The SMILES string of the molecule is CCC1CN(C(=O)n2ccnc2)C1. The molecule has 0 aliphatic carbocycles. The Morgan fingerprint density at radius 3 is 2.92 bits per heavy atom. The van der Waals surface area contributed by atoms with Crippen LogP contribution in [0.2, 0.25) is 0 Å². The molecule has 0 atom stereocenters. The molecule has 4 heteroatoms. The van der Waals surface area contributed by atoms with E-state index in [1.807, 2.05) is 4.90 Å². The summed E-state index contributed by atoms with van der Waals surface area (Å²) in [5.41, 5.74) is 0. The van der Waals surface area contributed by atoms with Crippen LogP contribution in [0.5, 0.6) is 0 Å². The Kier molecular flexibility index (Phi) is 2.04. The van der Waals surface area contributed by atoms with Crippen molar-refractivity contribution in [2.75, 3.05) is 13.1 Å². The molecule has 0 aromatic carbocycles. The number of aromatic nitrogens is 2. The van der Waals surface area contributed by atoms with E-state index in [0.717, 1.165) is 19.5 Å². The van der Waals surface area contributed by atoms with E-state index in [9.17, 15) is 4.79 Å². The fraction of sp³-hybridized carbons (Fsp3) is 0.556. The van der Waals surface area contributed by atoms with Gasteiger partial charge in [0, 0.05) is 25.5 Å². The van der Waals surface area contributed by atoms with Crippen molar-refractivity contribution >= 4 is 6.03 Å². The average Bonchev–Trinajstić information content (AvgIpc) is 2.53. The third-order valence-electron chi connectivity index (χ3n) is 2.53. The highest BCUT2D eigenvalue weighted by Crippen LogP contribution is 2.19. The summed E-state index contributed by atoms with van der Waals surface area (Å²) in [5, 5.41) is 0. The van der Waals surface area contributed by atoms with Gasteiger partial charge in [-0.05, 0) is 12.3 Å². The molecule has 2 rings (SSSR count). The monoisotopic (exact) mass is 179 g/mol. The standard InChI is InChI=1S/C9H13N3O/c1-2-8-5-12(6-8)9(13)11-4-3-10-7-11/h3-4,7-8H,2,5-6H2,1H3. The molecule has 13 heavy (non-hydrogen) atoms.